The van der Waals surface area contributed by atoms with Crippen molar-refractivity contribution in [3.05, 3.63) is 34.9 Å². The smallest absolute Gasteiger partial charge is 0.322 e. The highest BCUT2D eigenvalue weighted by atomic mass is 32.2. The van der Waals surface area contributed by atoms with Gasteiger partial charge >= 0.3 is 5.97 Å². The molecule has 0 bridgehead atoms. The monoisotopic (exact) mass is 438 g/mol. The van der Waals surface area contributed by atoms with Gasteiger partial charge in [0.2, 0.25) is 10.0 Å². The predicted octanol–water partition coefficient (Wildman–Crippen LogP) is 3.42. The highest BCUT2D eigenvalue weighted by Gasteiger charge is 2.24. The van der Waals surface area contributed by atoms with E-state index in [1.54, 1.807) is 0 Å². The van der Waals surface area contributed by atoms with E-state index in [0.29, 0.717) is 6.42 Å². The number of nitrogens with one attached hydrogen (secondary N) is 2. The Morgan fingerprint density at radius 1 is 1.23 bits per heavy atom. The first-order chi connectivity index (χ1) is 14.3. The molecule has 1 aromatic rings. The first-order valence-electron chi connectivity index (χ1n) is 11.3. The summed E-state index contributed by atoms with van der Waals surface area (Å²) in [7, 11) is -3.59. The molecule has 0 unspecified atom stereocenters. The van der Waals surface area contributed by atoms with Crippen LogP contribution in [0.2, 0.25) is 0 Å². The lowest BCUT2D eigenvalue weighted by Crippen LogP contribution is -2.43. The van der Waals surface area contributed by atoms with Gasteiger partial charge in [0.15, 0.2) is 0 Å². The molecule has 1 aliphatic rings. The van der Waals surface area contributed by atoms with Crippen LogP contribution in [-0.4, -0.2) is 44.4 Å². The molecule has 1 saturated heterocycles. The molecule has 0 aromatic heterocycles. The van der Waals surface area contributed by atoms with Gasteiger partial charge in [-0.1, -0.05) is 44.4 Å². The van der Waals surface area contributed by atoms with Crippen LogP contribution in [0.15, 0.2) is 18.2 Å². The Morgan fingerprint density at radius 2 is 1.97 bits per heavy atom. The average molecular weight is 439 g/mol. The van der Waals surface area contributed by atoms with E-state index in [1.807, 2.05) is 26.0 Å². The van der Waals surface area contributed by atoms with Crippen molar-refractivity contribution >= 4 is 16.0 Å². The first-order valence-corrected chi connectivity index (χ1v) is 13.0. The zero-order valence-corrected chi connectivity index (χ0v) is 19.3. The molecule has 2 rings (SSSR count). The Kier molecular flexibility index (Phi) is 10.3. The maximum absolute atomic E-state index is 12.1. The molecule has 0 saturated carbocycles. The van der Waals surface area contributed by atoms with Crippen molar-refractivity contribution in [1.82, 2.24) is 10.0 Å². The summed E-state index contributed by atoms with van der Waals surface area (Å²) in [6.07, 6.45) is 8.75. The fourth-order valence-corrected chi connectivity index (χ4v) is 5.51. The third kappa shape index (κ3) is 8.74. The molecule has 0 radical (unpaired) electrons. The summed E-state index contributed by atoms with van der Waals surface area (Å²) >= 11 is 0. The minimum absolute atomic E-state index is 0.0391. The summed E-state index contributed by atoms with van der Waals surface area (Å²) in [5, 5.41) is 12.9. The van der Waals surface area contributed by atoms with Crippen LogP contribution in [0.4, 0.5) is 0 Å². The second kappa shape index (κ2) is 12.4. The Bertz CT molecular complexity index is 773. The lowest BCUT2D eigenvalue weighted by atomic mass is 9.91. The fraction of sp³-hybridized carbons (Fsp3) is 0.696. The largest absolute Gasteiger partial charge is 0.480 e. The summed E-state index contributed by atoms with van der Waals surface area (Å²) in [5.41, 5.74) is 3.28. The van der Waals surface area contributed by atoms with Gasteiger partial charge in [-0.3, -0.25) is 4.79 Å². The molecule has 1 aliphatic heterocycles. The number of carboxylic acids is 1. The van der Waals surface area contributed by atoms with Gasteiger partial charge in [0.25, 0.3) is 0 Å². The van der Waals surface area contributed by atoms with Gasteiger partial charge in [-0.05, 0) is 81.1 Å². The van der Waals surface area contributed by atoms with Gasteiger partial charge in [0, 0.05) is 0 Å². The van der Waals surface area contributed by atoms with E-state index in [0.717, 1.165) is 43.0 Å². The molecule has 0 aliphatic carbocycles. The molecule has 6 nitrogen and oxygen atoms in total. The molecule has 7 heteroatoms. The number of carboxylic acid groups (broad SMARTS) is 1. The van der Waals surface area contributed by atoms with Gasteiger partial charge in [-0.2, -0.15) is 0 Å². The molecular weight excluding hydrogens is 400 g/mol. The van der Waals surface area contributed by atoms with E-state index in [2.05, 4.69) is 16.1 Å². The van der Waals surface area contributed by atoms with Gasteiger partial charge in [0.05, 0.1) is 5.75 Å². The van der Waals surface area contributed by atoms with Crippen LogP contribution < -0.4 is 10.0 Å². The lowest BCUT2D eigenvalue weighted by molar-refractivity contribution is -0.138. The van der Waals surface area contributed by atoms with Crippen molar-refractivity contribution in [2.45, 2.75) is 77.7 Å². The number of unbranched alkanes of at least 4 members (excludes halogenated alkanes) is 2. The number of aliphatic carboxylic acids is 1. The van der Waals surface area contributed by atoms with E-state index in [1.165, 1.54) is 37.7 Å². The zero-order chi connectivity index (χ0) is 22.0. The lowest BCUT2D eigenvalue weighted by Gasteiger charge is -2.22. The molecule has 0 amide bonds. The number of aryl methyl sites for hydroxylation is 2. The van der Waals surface area contributed by atoms with Gasteiger partial charge in [0.1, 0.15) is 6.04 Å². The highest BCUT2D eigenvalue weighted by Crippen LogP contribution is 2.21. The second-order valence-corrected chi connectivity index (χ2v) is 10.5. The standard InChI is InChI=1S/C23H38N2O4S/c1-3-4-15-30(28,29)25-22(23(26)27)17-20-9-10-21(18(2)16-20)8-6-5-7-19-11-13-24-14-12-19/h9-10,16,19,22,24-25H,3-8,11-15,17H2,1-2H3,(H,26,27)/t22-/m0/s1. The maximum atomic E-state index is 12.1. The molecule has 170 valence electrons. The van der Waals surface area contributed by atoms with Gasteiger partial charge in [-0.25, -0.2) is 13.1 Å². The summed E-state index contributed by atoms with van der Waals surface area (Å²) in [6, 6.07) is 4.87. The number of benzene rings is 1. The maximum Gasteiger partial charge on any atom is 0.322 e. The van der Waals surface area contributed by atoms with Crippen LogP contribution in [0.25, 0.3) is 0 Å². The highest BCUT2D eigenvalue weighted by molar-refractivity contribution is 7.89. The first kappa shape index (κ1) is 24.8. The van der Waals surface area contributed by atoms with Crippen molar-refractivity contribution in [3.8, 4) is 0 Å². The molecular formula is C23H38N2O4S. The van der Waals surface area contributed by atoms with Gasteiger partial charge in [-0.15, -0.1) is 0 Å². The SMILES string of the molecule is CCCCS(=O)(=O)N[C@@H](Cc1ccc(CCCCC2CCNCC2)c(C)c1)C(=O)O. The molecule has 1 fully saturated rings. The van der Waals surface area contributed by atoms with Crippen LogP contribution in [0, 0.1) is 12.8 Å². The molecule has 30 heavy (non-hydrogen) atoms. The quantitative estimate of drug-likeness (QED) is 0.410. The Labute approximate surface area is 181 Å². The molecule has 0 spiro atoms. The Hall–Kier alpha value is -1.44. The summed E-state index contributed by atoms with van der Waals surface area (Å²) in [6.45, 7) is 6.25. The topological polar surface area (TPSA) is 95.5 Å². The van der Waals surface area contributed by atoms with Crippen molar-refractivity contribution < 1.29 is 18.3 Å². The summed E-state index contributed by atoms with van der Waals surface area (Å²) in [4.78, 5) is 11.6. The van der Waals surface area contributed by atoms with E-state index in [9.17, 15) is 18.3 Å². The van der Waals surface area contributed by atoms with Crippen molar-refractivity contribution in [3.63, 3.8) is 0 Å². The molecule has 3 N–H and O–H groups in total. The third-order valence-corrected chi connectivity index (χ3v) is 7.47. The number of sulfonamides is 1. The van der Waals surface area contributed by atoms with Gasteiger partial charge < -0.3 is 10.4 Å². The van der Waals surface area contributed by atoms with E-state index in [-0.39, 0.29) is 12.2 Å². The Balaban J connectivity index is 1.86. The van der Waals surface area contributed by atoms with Crippen LogP contribution >= 0.6 is 0 Å². The number of piperidine rings is 1. The van der Waals surface area contributed by atoms with Crippen LogP contribution in [-0.2, 0) is 27.7 Å². The van der Waals surface area contributed by atoms with Crippen LogP contribution in [0.5, 0.6) is 0 Å². The Morgan fingerprint density at radius 3 is 2.60 bits per heavy atom. The molecule has 1 heterocycles. The van der Waals surface area contributed by atoms with E-state index < -0.39 is 22.0 Å². The summed E-state index contributed by atoms with van der Waals surface area (Å²) < 4.78 is 26.5. The zero-order valence-electron chi connectivity index (χ0n) is 18.5. The normalized spacial score (nSPS) is 16.5. The average Bonchev–Trinajstić information content (AvgIpc) is 2.71. The van der Waals surface area contributed by atoms with Crippen LogP contribution in [0.3, 0.4) is 0 Å². The molecule has 1 aromatic carbocycles. The number of rotatable bonds is 13. The van der Waals surface area contributed by atoms with E-state index in [4.69, 9.17) is 0 Å². The number of hydrogen-bond acceptors (Lipinski definition) is 4. The van der Waals surface area contributed by atoms with Crippen molar-refractivity contribution in [1.29, 1.82) is 0 Å². The molecule has 1 atom stereocenters. The van der Waals surface area contributed by atoms with Crippen LogP contribution in [0.1, 0.15) is 68.6 Å². The minimum atomic E-state index is -3.59. The van der Waals surface area contributed by atoms with Crippen molar-refractivity contribution in [2.75, 3.05) is 18.8 Å². The second-order valence-electron chi connectivity index (χ2n) is 8.59. The minimum Gasteiger partial charge on any atom is -0.480 e. The fourth-order valence-electron chi connectivity index (χ4n) is 4.11. The third-order valence-electron chi connectivity index (χ3n) is 6.00. The number of hydrogen-bond donors (Lipinski definition) is 3. The van der Waals surface area contributed by atoms with Crippen molar-refractivity contribution in [2.24, 2.45) is 5.92 Å². The summed E-state index contributed by atoms with van der Waals surface area (Å²) in [5.74, 6) is -0.318. The number of carbonyl (C=O) groups is 1. The predicted molar refractivity (Wildman–Crippen MR) is 121 cm³/mol. The van der Waals surface area contributed by atoms with E-state index >= 15 is 0 Å².